The molecule has 0 bridgehead atoms. The predicted molar refractivity (Wildman–Crippen MR) is 99.2 cm³/mol. The van der Waals surface area contributed by atoms with E-state index in [1.54, 1.807) is 0 Å². The van der Waals surface area contributed by atoms with Crippen LogP contribution in [0.25, 0.3) is 0 Å². The Morgan fingerprint density at radius 2 is 1.79 bits per heavy atom. The smallest absolute Gasteiger partial charge is 0.238 e. The fourth-order valence-corrected chi connectivity index (χ4v) is 2.80. The summed E-state index contributed by atoms with van der Waals surface area (Å²) >= 11 is 0. The summed E-state index contributed by atoms with van der Waals surface area (Å²) in [5.41, 5.74) is 1.84. The molecule has 4 nitrogen and oxygen atoms in total. The number of aryl methyl sites for hydroxylation is 1. The second kappa shape index (κ2) is 8.71. The quantitative estimate of drug-likeness (QED) is 0.880. The van der Waals surface area contributed by atoms with E-state index in [4.69, 9.17) is 4.74 Å². The van der Waals surface area contributed by atoms with E-state index in [0.29, 0.717) is 6.54 Å². The molecule has 24 heavy (non-hydrogen) atoms. The van der Waals surface area contributed by atoms with Crippen molar-refractivity contribution >= 4 is 24.0 Å². The second-order valence-electron chi connectivity index (χ2n) is 5.92. The average molecular weight is 347 g/mol. The lowest BCUT2D eigenvalue weighted by molar-refractivity contribution is -0.117. The molecule has 2 aromatic rings. The number of carbonyl (C=O) groups is 1. The van der Waals surface area contributed by atoms with Crippen molar-refractivity contribution in [2.75, 3.05) is 25.0 Å². The van der Waals surface area contributed by atoms with E-state index in [1.807, 2.05) is 55.5 Å². The molecule has 0 saturated carbocycles. The predicted octanol–water partition coefficient (Wildman–Crippen LogP) is 4.24. The van der Waals surface area contributed by atoms with Crippen LogP contribution in [0.15, 0.2) is 48.5 Å². The molecule has 0 unspecified atom stereocenters. The number of halogens is 1. The molecule has 1 saturated heterocycles. The highest BCUT2D eigenvalue weighted by Crippen LogP contribution is 2.26. The zero-order valence-corrected chi connectivity index (χ0v) is 14.6. The van der Waals surface area contributed by atoms with E-state index in [1.165, 1.54) is 12.8 Å². The first-order valence-electron chi connectivity index (χ1n) is 8.06. The van der Waals surface area contributed by atoms with Crippen molar-refractivity contribution < 1.29 is 9.53 Å². The Morgan fingerprint density at radius 1 is 1.08 bits per heavy atom. The Balaban J connectivity index is 0.00000208. The van der Waals surface area contributed by atoms with E-state index in [0.717, 1.165) is 35.8 Å². The summed E-state index contributed by atoms with van der Waals surface area (Å²) in [5, 5.41) is 2.99. The Bertz CT molecular complexity index is 670. The number of carbonyl (C=O) groups excluding carboxylic acids is 1. The summed E-state index contributed by atoms with van der Waals surface area (Å²) in [4.78, 5) is 14.3. The average Bonchev–Trinajstić information content (AvgIpc) is 3.04. The molecule has 0 radical (unpaired) electrons. The zero-order chi connectivity index (χ0) is 16.1. The SMILES string of the molecule is Cc1cc(Oc2ccccc2)ccc1NC(=O)CN1CCCC1.Cl. The monoisotopic (exact) mass is 346 g/mol. The van der Waals surface area contributed by atoms with Crippen LogP contribution in [0.5, 0.6) is 11.5 Å². The molecule has 128 valence electrons. The van der Waals surface area contributed by atoms with Gasteiger partial charge in [-0.1, -0.05) is 18.2 Å². The van der Waals surface area contributed by atoms with Crippen molar-refractivity contribution in [2.45, 2.75) is 19.8 Å². The number of hydrogen-bond donors (Lipinski definition) is 1. The summed E-state index contributed by atoms with van der Waals surface area (Å²) in [6.45, 7) is 4.50. The summed E-state index contributed by atoms with van der Waals surface area (Å²) in [7, 11) is 0. The maximum absolute atomic E-state index is 12.1. The minimum Gasteiger partial charge on any atom is -0.457 e. The van der Waals surface area contributed by atoms with Gasteiger partial charge >= 0.3 is 0 Å². The van der Waals surface area contributed by atoms with Gasteiger partial charge < -0.3 is 10.1 Å². The molecule has 1 heterocycles. The number of amides is 1. The van der Waals surface area contributed by atoms with Crippen LogP contribution in [-0.2, 0) is 4.79 Å². The van der Waals surface area contributed by atoms with E-state index in [-0.39, 0.29) is 18.3 Å². The molecule has 0 aliphatic carbocycles. The third-order valence-electron chi connectivity index (χ3n) is 4.02. The number of nitrogens with one attached hydrogen (secondary N) is 1. The third kappa shape index (κ3) is 4.98. The van der Waals surface area contributed by atoms with E-state index in [9.17, 15) is 4.79 Å². The molecule has 0 aromatic heterocycles. The number of benzene rings is 2. The number of ether oxygens (including phenoxy) is 1. The first-order chi connectivity index (χ1) is 11.2. The molecule has 2 aromatic carbocycles. The fourth-order valence-electron chi connectivity index (χ4n) is 2.80. The van der Waals surface area contributed by atoms with Gasteiger partial charge in [0.05, 0.1) is 6.54 Å². The van der Waals surface area contributed by atoms with Crippen LogP contribution in [0, 0.1) is 6.92 Å². The van der Waals surface area contributed by atoms with Crippen molar-refractivity contribution in [3.8, 4) is 11.5 Å². The summed E-state index contributed by atoms with van der Waals surface area (Å²) < 4.78 is 5.81. The van der Waals surface area contributed by atoms with E-state index in [2.05, 4.69) is 10.2 Å². The van der Waals surface area contributed by atoms with Gasteiger partial charge in [0.2, 0.25) is 5.91 Å². The lowest BCUT2D eigenvalue weighted by Crippen LogP contribution is -2.31. The highest BCUT2D eigenvalue weighted by atomic mass is 35.5. The van der Waals surface area contributed by atoms with E-state index < -0.39 is 0 Å². The van der Waals surface area contributed by atoms with Crippen LogP contribution in [0.4, 0.5) is 5.69 Å². The van der Waals surface area contributed by atoms with Crippen molar-refractivity contribution in [3.05, 3.63) is 54.1 Å². The van der Waals surface area contributed by atoms with Gasteiger partial charge in [0.15, 0.2) is 0 Å². The van der Waals surface area contributed by atoms with Crippen molar-refractivity contribution in [1.29, 1.82) is 0 Å². The minimum atomic E-state index is 0. The number of likely N-dealkylation sites (tertiary alicyclic amines) is 1. The van der Waals surface area contributed by atoms with Crippen LogP contribution >= 0.6 is 12.4 Å². The Morgan fingerprint density at radius 3 is 2.46 bits per heavy atom. The van der Waals surface area contributed by atoms with Crippen LogP contribution in [0.3, 0.4) is 0 Å². The minimum absolute atomic E-state index is 0. The molecule has 1 aliphatic heterocycles. The van der Waals surface area contributed by atoms with Crippen LogP contribution in [0.2, 0.25) is 0 Å². The molecule has 1 aliphatic rings. The molecule has 5 heteroatoms. The van der Waals surface area contributed by atoms with Crippen LogP contribution in [-0.4, -0.2) is 30.4 Å². The van der Waals surface area contributed by atoms with Gasteiger partial charge in [-0.25, -0.2) is 0 Å². The highest BCUT2D eigenvalue weighted by molar-refractivity contribution is 5.93. The van der Waals surface area contributed by atoms with Crippen molar-refractivity contribution in [1.82, 2.24) is 4.90 Å². The van der Waals surface area contributed by atoms with Crippen LogP contribution < -0.4 is 10.1 Å². The van der Waals surface area contributed by atoms with Crippen molar-refractivity contribution in [2.24, 2.45) is 0 Å². The van der Waals surface area contributed by atoms with Gasteiger partial charge in [-0.15, -0.1) is 12.4 Å². The Kier molecular flexibility index (Phi) is 6.64. The number of nitrogens with zero attached hydrogens (tertiary/aromatic N) is 1. The lowest BCUT2D eigenvalue weighted by atomic mass is 10.2. The Labute approximate surface area is 149 Å². The number of hydrogen-bond acceptors (Lipinski definition) is 3. The Hall–Kier alpha value is -2.04. The highest BCUT2D eigenvalue weighted by Gasteiger charge is 2.15. The molecular weight excluding hydrogens is 324 g/mol. The summed E-state index contributed by atoms with van der Waals surface area (Å²) in [6, 6.07) is 15.4. The van der Waals surface area contributed by atoms with Gasteiger partial charge in [-0.05, 0) is 68.8 Å². The largest absolute Gasteiger partial charge is 0.457 e. The lowest BCUT2D eigenvalue weighted by Gasteiger charge is -2.15. The zero-order valence-electron chi connectivity index (χ0n) is 13.8. The number of para-hydroxylation sites is 1. The van der Waals surface area contributed by atoms with Crippen molar-refractivity contribution in [3.63, 3.8) is 0 Å². The summed E-state index contributed by atoms with van der Waals surface area (Å²) in [6.07, 6.45) is 2.38. The molecule has 0 spiro atoms. The molecule has 0 atom stereocenters. The molecule has 1 fully saturated rings. The number of anilines is 1. The van der Waals surface area contributed by atoms with Gasteiger partial charge in [0.1, 0.15) is 11.5 Å². The van der Waals surface area contributed by atoms with Gasteiger partial charge in [-0.3, -0.25) is 9.69 Å². The molecular formula is C19H23ClN2O2. The van der Waals surface area contributed by atoms with Gasteiger partial charge in [-0.2, -0.15) is 0 Å². The normalized spacial score (nSPS) is 14.0. The topological polar surface area (TPSA) is 41.6 Å². The van der Waals surface area contributed by atoms with E-state index >= 15 is 0 Å². The maximum atomic E-state index is 12.1. The molecule has 1 N–H and O–H groups in total. The number of rotatable bonds is 5. The standard InChI is InChI=1S/C19H22N2O2.ClH/c1-15-13-17(23-16-7-3-2-4-8-16)9-10-18(15)20-19(22)14-21-11-5-6-12-21;/h2-4,7-10,13H,5-6,11-12,14H2,1H3,(H,20,22);1H. The first kappa shape index (κ1) is 18.3. The molecule has 3 rings (SSSR count). The molecule has 1 amide bonds. The van der Waals surface area contributed by atoms with Gasteiger partial charge in [0, 0.05) is 5.69 Å². The van der Waals surface area contributed by atoms with Crippen LogP contribution in [0.1, 0.15) is 18.4 Å². The van der Waals surface area contributed by atoms with Gasteiger partial charge in [0.25, 0.3) is 0 Å². The fraction of sp³-hybridized carbons (Fsp3) is 0.316. The first-order valence-corrected chi connectivity index (χ1v) is 8.06. The summed E-state index contributed by atoms with van der Waals surface area (Å²) in [5.74, 6) is 1.62. The maximum Gasteiger partial charge on any atom is 0.238 e. The second-order valence-corrected chi connectivity index (χ2v) is 5.92. The third-order valence-corrected chi connectivity index (χ3v) is 4.02.